The van der Waals surface area contributed by atoms with Gasteiger partial charge in [0, 0.05) is 26.2 Å². The third kappa shape index (κ3) is 3.40. The molecule has 1 N–H and O–H groups in total. The van der Waals surface area contributed by atoms with Crippen molar-refractivity contribution >= 4 is 29.2 Å². The molecule has 0 radical (unpaired) electrons. The van der Waals surface area contributed by atoms with Crippen LogP contribution >= 0.6 is 11.6 Å². The lowest BCUT2D eigenvalue weighted by atomic mass is 9.94. The summed E-state index contributed by atoms with van der Waals surface area (Å²) in [6, 6.07) is -0.104. The smallest absolute Gasteiger partial charge is 0.310 e. The minimum atomic E-state index is -0.402. The molecule has 0 spiro atoms. The van der Waals surface area contributed by atoms with E-state index in [0.29, 0.717) is 23.9 Å². The van der Waals surface area contributed by atoms with Crippen LogP contribution in [0, 0.1) is 6.92 Å². The number of aromatic nitrogens is 2. The second-order valence-electron chi connectivity index (χ2n) is 5.83. The number of amides is 1. The fourth-order valence-corrected chi connectivity index (χ4v) is 3.32. The van der Waals surface area contributed by atoms with Crippen LogP contribution in [0.5, 0.6) is 0 Å². The van der Waals surface area contributed by atoms with Crippen LogP contribution in [0.1, 0.15) is 26.0 Å². The van der Waals surface area contributed by atoms with Crippen molar-refractivity contribution in [3.63, 3.8) is 0 Å². The highest BCUT2D eigenvalue weighted by Crippen LogP contribution is 2.32. The highest BCUT2D eigenvalue weighted by atomic mass is 35.5. The first-order chi connectivity index (χ1) is 11.3. The Bertz CT molecular complexity index is 696. The van der Waals surface area contributed by atoms with Crippen molar-refractivity contribution < 1.29 is 14.3 Å². The quantitative estimate of drug-likeness (QED) is 0.812. The molecule has 0 bridgehead atoms. The van der Waals surface area contributed by atoms with Gasteiger partial charge in [-0.2, -0.15) is 5.10 Å². The van der Waals surface area contributed by atoms with Gasteiger partial charge in [-0.15, -0.1) is 0 Å². The molecule has 8 heteroatoms. The normalized spacial score (nSPS) is 17.8. The third-order valence-corrected chi connectivity index (χ3v) is 4.70. The van der Waals surface area contributed by atoms with Crippen molar-refractivity contribution in [1.29, 1.82) is 0 Å². The molecule has 1 atom stereocenters. The number of nitrogens with one attached hydrogen (secondary N) is 1. The Morgan fingerprint density at radius 2 is 2.17 bits per heavy atom. The highest BCUT2D eigenvalue weighted by Gasteiger charge is 2.31. The summed E-state index contributed by atoms with van der Waals surface area (Å²) in [6.07, 6.45) is -0.0321. The van der Waals surface area contributed by atoms with E-state index in [4.69, 9.17) is 16.3 Å². The van der Waals surface area contributed by atoms with Crippen LogP contribution in [0.3, 0.4) is 0 Å². The Hall–Kier alpha value is -2.02. The van der Waals surface area contributed by atoms with Gasteiger partial charge in [0.1, 0.15) is 5.15 Å². The van der Waals surface area contributed by atoms with Gasteiger partial charge in [-0.25, -0.2) is 0 Å². The molecule has 0 aliphatic carbocycles. The molecule has 1 aromatic rings. The number of rotatable bonds is 5. The maximum Gasteiger partial charge on any atom is 0.310 e. The number of nitrogens with zero attached hydrogens (tertiary/aromatic N) is 3. The van der Waals surface area contributed by atoms with E-state index in [1.54, 1.807) is 18.7 Å². The molecule has 2 heterocycles. The van der Waals surface area contributed by atoms with Gasteiger partial charge >= 0.3 is 5.97 Å². The van der Waals surface area contributed by atoms with Gasteiger partial charge in [0.2, 0.25) is 5.91 Å². The molecular formula is C16H23ClN4O3. The van der Waals surface area contributed by atoms with E-state index < -0.39 is 5.97 Å². The van der Waals surface area contributed by atoms with Crippen LogP contribution in [-0.4, -0.2) is 47.9 Å². The first kappa shape index (κ1) is 18.3. The Kier molecular flexibility index (Phi) is 5.54. The van der Waals surface area contributed by atoms with Gasteiger partial charge in [-0.1, -0.05) is 11.6 Å². The zero-order valence-corrected chi connectivity index (χ0v) is 15.4. The maximum absolute atomic E-state index is 12.1. The van der Waals surface area contributed by atoms with Crippen molar-refractivity contribution in [2.45, 2.75) is 33.2 Å². The lowest BCUT2D eigenvalue weighted by Crippen LogP contribution is -2.48. The molecule has 1 aromatic heterocycles. The molecular weight excluding hydrogens is 332 g/mol. The molecule has 132 valence electrons. The predicted molar refractivity (Wildman–Crippen MR) is 92.1 cm³/mol. The van der Waals surface area contributed by atoms with Gasteiger partial charge in [0.25, 0.3) is 0 Å². The first-order valence-corrected chi connectivity index (χ1v) is 8.21. The van der Waals surface area contributed by atoms with Crippen LogP contribution < -0.4 is 10.2 Å². The van der Waals surface area contributed by atoms with Gasteiger partial charge < -0.3 is 15.0 Å². The molecule has 1 unspecified atom stereocenters. The highest BCUT2D eigenvalue weighted by molar-refractivity contribution is 6.32. The number of carbonyl (C=O) groups excluding carboxylic acids is 2. The predicted octanol–water partition coefficient (Wildman–Crippen LogP) is 1.59. The summed E-state index contributed by atoms with van der Waals surface area (Å²) >= 11 is 6.35. The second kappa shape index (κ2) is 7.25. The molecule has 24 heavy (non-hydrogen) atoms. The molecule has 0 fully saturated rings. The van der Waals surface area contributed by atoms with Crippen molar-refractivity contribution in [1.82, 2.24) is 15.1 Å². The topological polar surface area (TPSA) is 76.5 Å². The molecule has 0 saturated heterocycles. The summed E-state index contributed by atoms with van der Waals surface area (Å²) in [7, 11) is 3.69. The van der Waals surface area contributed by atoms with Crippen LogP contribution in [0.4, 0.5) is 5.69 Å². The van der Waals surface area contributed by atoms with Crippen molar-refractivity contribution in [2.24, 2.45) is 7.05 Å². The Morgan fingerprint density at radius 1 is 1.50 bits per heavy atom. The van der Waals surface area contributed by atoms with E-state index in [-0.39, 0.29) is 18.4 Å². The van der Waals surface area contributed by atoms with Crippen LogP contribution in [0.15, 0.2) is 11.1 Å². The van der Waals surface area contributed by atoms with Crippen molar-refractivity contribution in [3.05, 3.63) is 22.0 Å². The Labute approximate surface area is 146 Å². The molecule has 2 rings (SSSR count). The molecule has 0 saturated carbocycles. The average molecular weight is 355 g/mol. The van der Waals surface area contributed by atoms with Gasteiger partial charge in [0.05, 0.1) is 30.5 Å². The molecule has 7 nitrogen and oxygen atoms in total. The van der Waals surface area contributed by atoms with E-state index >= 15 is 0 Å². The number of halogens is 1. The number of ether oxygens (including phenoxy) is 1. The summed E-state index contributed by atoms with van der Waals surface area (Å²) in [6.45, 7) is 6.23. The summed E-state index contributed by atoms with van der Waals surface area (Å²) < 4.78 is 6.58. The van der Waals surface area contributed by atoms with Crippen LogP contribution in [0.2, 0.25) is 5.15 Å². The number of hydrogen-bond donors (Lipinski definition) is 1. The molecule has 1 amide bonds. The fourth-order valence-electron chi connectivity index (χ4n) is 3.01. The van der Waals surface area contributed by atoms with E-state index in [2.05, 4.69) is 10.4 Å². The molecule has 1 aliphatic heterocycles. The van der Waals surface area contributed by atoms with Crippen LogP contribution in [-0.2, 0) is 21.4 Å². The zero-order valence-electron chi connectivity index (χ0n) is 14.6. The summed E-state index contributed by atoms with van der Waals surface area (Å²) in [5, 5.41) is 7.70. The third-order valence-electron chi connectivity index (χ3n) is 4.27. The summed E-state index contributed by atoms with van der Waals surface area (Å²) in [5.41, 5.74) is 2.92. The van der Waals surface area contributed by atoms with E-state index in [0.717, 1.165) is 17.0 Å². The van der Waals surface area contributed by atoms with Gasteiger partial charge in [-0.05, 0) is 26.3 Å². The number of aryl methyl sites for hydroxylation is 2. The monoisotopic (exact) mass is 354 g/mol. The lowest BCUT2D eigenvalue weighted by Gasteiger charge is -2.35. The van der Waals surface area contributed by atoms with E-state index in [1.807, 2.05) is 25.8 Å². The average Bonchev–Trinajstić information content (AvgIpc) is 2.76. The largest absolute Gasteiger partial charge is 0.466 e. The summed E-state index contributed by atoms with van der Waals surface area (Å²) in [5.74, 6) is -0.625. The maximum atomic E-state index is 12.1. The number of carbonyl (C=O) groups is 2. The zero-order chi connectivity index (χ0) is 18.0. The molecule has 1 aliphatic rings. The minimum absolute atomic E-state index is 0.0321. The number of esters is 1. The van der Waals surface area contributed by atoms with Gasteiger partial charge in [0.15, 0.2) is 0 Å². The number of likely N-dealkylation sites (N-methyl/N-ethyl adjacent to an activating group) is 1. The fraction of sp³-hybridized carbons (Fsp3) is 0.562. The lowest BCUT2D eigenvalue weighted by molar-refractivity contribution is -0.143. The van der Waals surface area contributed by atoms with Crippen LogP contribution in [0.25, 0.3) is 0 Å². The van der Waals surface area contributed by atoms with Gasteiger partial charge in [-0.3, -0.25) is 14.3 Å². The van der Waals surface area contributed by atoms with Crippen molar-refractivity contribution in [3.8, 4) is 0 Å². The summed E-state index contributed by atoms with van der Waals surface area (Å²) in [4.78, 5) is 25.9. The Balaban J connectivity index is 2.34. The van der Waals surface area contributed by atoms with Crippen molar-refractivity contribution in [2.75, 3.05) is 25.1 Å². The molecule has 0 aromatic carbocycles. The van der Waals surface area contributed by atoms with E-state index in [1.165, 1.54) is 0 Å². The van der Waals surface area contributed by atoms with E-state index in [9.17, 15) is 9.59 Å². The first-order valence-electron chi connectivity index (χ1n) is 7.83. The standard InChI is InChI=1S/C16H23ClN4O3/c1-6-24-13(22)7-11-9(2)12(8-18-16(11)23)20(4)14-10(3)19-21(5)15(14)17/h12H,6-8H2,1-5H3,(H,18,23). The minimum Gasteiger partial charge on any atom is -0.466 e. The SMILES string of the molecule is CCOC(=O)CC1=C(C)C(N(C)c2c(C)nn(C)c2Cl)CNC1=O. The second-order valence-corrected chi connectivity index (χ2v) is 6.19. The number of hydrogen-bond acceptors (Lipinski definition) is 5. The Morgan fingerprint density at radius 3 is 2.71 bits per heavy atom. The number of anilines is 1.